The number of rotatable bonds is 47. The lowest BCUT2D eigenvalue weighted by atomic mass is 10.0. The molecule has 4 aromatic rings. The molecular formula is C75H94N16O23. The summed E-state index contributed by atoms with van der Waals surface area (Å²) in [7, 11) is 0. The Morgan fingerprint density at radius 1 is 0.412 bits per heavy atom. The number of hydrogen-bond donors (Lipinski definition) is 19. The fourth-order valence-electron chi connectivity index (χ4n) is 11.4. The van der Waals surface area contributed by atoms with E-state index >= 15 is 0 Å². The van der Waals surface area contributed by atoms with Crippen LogP contribution in [0.4, 0.5) is 5.69 Å². The molecule has 22 N–H and O–H groups in total. The predicted molar refractivity (Wildman–Crippen MR) is 404 cm³/mol. The van der Waals surface area contributed by atoms with Gasteiger partial charge in [-0.3, -0.25) is 86.3 Å². The van der Waals surface area contributed by atoms with Crippen molar-refractivity contribution in [3.05, 3.63) is 149 Å². The average Bonchev–Trinajstić information content (AvgIpc) is 0.807. The number of carboxylic acids is 5. The number of para-hydroxylation sites is 1. The Morgan fingerprint density at radius 2 is 0.789 bits per heavy atom. The van der Waals surface area contributed by atoms with Crippen molar-refractivity contribution in [2.45, 2.75) is 152 Å². The van der Waals surface area contributed by atoms with Gasteiger partial charge in [-0.25, -0.2) is 5.84 Å². The van der Waals surface area contributed by atoms with Gasteiger partial charge in [0.25, 0.3) is 0 Å². The molecule has 1 aliphatic rings. The van der Waals surface area contributed by atoms with Gasteiger partial charge >= 0.3 is 29.8 Å². The third-order valence-electron chi connectivity index (χ3n) is 17.0. The Bertz CT molecular complexity index is 4220. The van der Waals surface area contributed by atoms with Crippen LogP contribution in [-0.2, 0) is 106 Å². The molecule has 4 aromatic carbocycles. The minimum absolute atomic E-state index is 0.0481. The number of benzene rings is 4. The number of carbonyl (C=O) groups is 18. The number of carboxylic acid groups (broad SMARTS) is 5. The van der Waals surface area contributed by atoms with Crippen molar-refractivity contribution in [2.75, 3.05) is 31.1 Å². The van der Waals surface area contributed by atoms with Crippen LogP contribution in [0.25, 0.3) is 12.2 Å². The second-order valence-electron chi connectivity index (χ2n) is 26.8. The maximum atomic E-state index is 14.5. The molecule has 0 spiro atoms. The van der Waals surface area contributed by atoms with Crippen LogP contribution in [0, 0.1) is 5.92 Å². The molecule has 1 aliphatic heterocycles. The van der Waals surface area contributed by atoms with E-state index in [1.807, 2.05) is 81.4 Å². The molecular weight excluding hydrogens is 1490 g/mol. The third kappa shape index (κ3) is 32.9. The SMILES string of the molecule is CC(C)C/C(N)=C/N(N)CCCCC(NC(=O)C(Cc1ccccc1)NC(=O)C(Cc1ccccc1)NC(=O)C(CC(=O)O)NC(=O)C(CC(=O)O)NC(=O)C(CC(=O)O)NC(=O)CNC(=O)CNC(=O)CNC(=O)C(CC(=O)O)NC(=O)C(CC(=O)O)NC(=O)CCC(=O)N1Cc2ccccc2/C=C\c2ccccc21)C(N)=O. The van der Waals surface area contributed by atoms with Gasteiger partial charge in [0.2, 0.25) is 76.8 Å². The number of allylic oxidation sites excluding steroid dienone is 1. The topological polar surface area (TPSA) is 625 Å². The molecule has 0 bridgehead atoms. The summed E-state index contributed by atoms with van der Waals surface area (Å²) in [6.07, 6.45) is -0.823. The molecule has 0 saturated heterocycles. The molecule has 0 aliphatic carbocycles. The summed E-state index contributed by atoms with van der Waals surface area (Å²) < 4.78 is 0. The smallest absolute Gasteiger partial charge is 0.305 e. The summed E-state index contributed by atoms with van der Waals surface area (Å²) in [5.74, 6) is -17.3. The van der Waals surface area contributed by atoms with E-state index in [9.17, 15) is 112 Å². The van der Waals surface area contributed by atoms with Crippen LogP contribution in [0.2, 0.25) is 0 Å². The molecule has 0 aromatic heterocycles. The van der Waals surface area contributed by atoms with E-state index in [1.165, 1.54) is 9.91 Å². The van der Waals surface area contributed by atoms with Gasteiger partial charge in [-0.1, -0.05) is 129 Å². The summed E-state index contributed by atoms with van der Waals surface area (Å²) in [4.78, 5) is 237. The maximum absolute atomic E-state index is 14.5. The number of primary amides is 1. The number of nitrogens with one attached hydrogen (secondary N) is 11. The molecule has 0 radical (unpaired) electrons. The van der Waals surface area contributed by atoms with Crippen molar-refractivity contribution in [3.8, 4) is 0 Å². The Hall–Kier alpha value is -13.6. The number of hydrazine groups is 1. The van der Waals surface area contributed by atoms with Crippen LogP contribution in [0.1, 0.15) is 112 Å². The van der Waals surface area contributed by atoms with E-state index in [2.05, 4.69) is 21.3 Å². The number of amides is 13. The van der Waals surface area contributed by atoms with Crippen LogP contribution in [0.15, 0.2) is 121 Å². The van der Waals surface area contributed by atoms with Crippen molar-refractivity contribution in [1.82, 2.24) is 63.5 Å². The van der Waals surface area contributed by atoms with Crippen LogP contribution in [0.3, 0.4) is 0 Å². The lowest BCUT2D eigenvalue weighted by Crippen LogP contribution is -2.60. The number of carbonyl (C=O) groups excluding carboxylic acids is 13. The summed E-state index contributed by atoms with van der Waals surface area (Å²) in [5.41, 5.74) is 16.2. The van der Waals surface area contributed by atoms with Gasteiger partial charge in [0, 0.05) is 44.1 Å². The first kappa shape index (κ1) is 91.0. The third-order valence-corrected chi connectivity index (χ3v) is 17.0. The highest BCUT2D eigenvalue weighted by atomic mass is 16.4. The zero-order valence-corrected chi connectivity index (χ0v) is 62.3. The number of anilines is 1. The Morgan fingerprint density at radius 3 is 1.25 bits per heavy atom. The molecule has 0 fully saturated rings. The van der Waals surface area contributed by atoms with Crippen molar-refractivity contribution < 1.29 is 112 Å². The summed E-state index contributed by atoms with van der Waals surface area (Å²) >= 11 is 0. The zero-order valence-electron chi connectivity index (χ0n) is 62.3. The standard InChI is InChI=1S/C75H94N16O23/c1-42(2)29-48(76)41-90(78)28-14-13-22-49(68(77)107)84-70(109)50(30-43-15-5-3-6-16-43)85-71(110)51(31-44-17-7-4-8-18-44)86-74(113)55(35-66(103)104)89-75(114)56(36-67(105)106)88-73(112)54(34-65(101)102)83-61(95)39-80-59(93)37-79-60(94)38-81-69(108)52(32-63(97)98)87-72(111)53(33-64(99)100)82-58(92)26-27-62(96)91-40-47-21-10-9-19-45(47)24-25-46-20-11-12-23-57(46)91/h3-12,15-21,23-25,41-42,49-56H,13-14,22,26-40,76,78H2,1-2H3,(H2,77,107)(H,79,94)(H,80,93)(H,81,108)(H,82,92)(H,83,95)(H,84,109)(H,85,110)(H,86,113)(H,87,111)(H,88,112)(H,89,114)(H,97,98)(H,99,100)(H,101,102)(H,103,104)(H,105,106)/b25-24-,48-41-. The molecule has 8 atom stereocenters. The lowest BCUT2D eigenvalue weighted by Gasteiger charge is -2.27. The average molecular weight is 1590 g/mol. The summed E-state index contributed by atoms with van der Waals surface area (Å²) in [5, 5.41) is 73.9. The Kier molecular flexibility index (Phi) is 36.8. The predicted octanol–water partition coefficient (Wildman–Crippen LogP) is -2.75. The first-order chi connectivity index (χ1) is 54.0. The van der Waals surface area contributed by atoms with Crippen molar-refractivity contribution in [1.29, 1.82) is 0 Å². The molecule has 5 rings (SSSR count). The van der Waals surface area contributed by atoms with E-state index in [4.69, 9.17) is 17.3 Å². The molecule has 0 saturated carbocycles. The van der Waals surface area contributed by atoms with Crippen LogP contribution in [-0.4, -0.2) is 212 Å². The number of nitrogens with zero attached hydrogens (tertiary/aromatic N) is 2. The van der Waals surface area contributed by atoms with Crippen molar-refractivity contribution >= 4 is 124 Å². The highest BCUT2D eigenvalue weighted by Crippen LogP contribution is 2.30. The quantitative estimate of drug-likeness (QED) is 0.0121. The van der Waals surface area contributed by atoms with Gasteiger partial charge in [0.1, 0.15) is 48.3 Å². The lowest BCUT2D eigenvalue weighted by molar-refractivity contribution is -0.144. The van der Waals surface area contributed by atoms with Gasteiger partial charge in [0.15, 0.2) is 0 Å². The maximum Gasteiger partial charge on any atom is 0.305 e. The molecule has 39 nitrogen and oxygen atoms in total. The second-order valence-corrected chi connectivity index (χ2v) is 26.8. The molecule has 13 amide bonds. The largest absolute Gasteiger partial charge is 0.481 e. The van der Waals surface area contributed by atoms with E-state index in [-0.39, 0.29) is 31.7 Å². The monoisotopic (exact) mass is 1590 g/mol. The number of hydrogen-bond acceptors (Lipinski definition) is 21. The first-order valence-corrected chi connectivity index (χ1v) is 35.8. The molecule has 114 heavy (non-hydrogen) atoms. The Labute approximate surface area is 652 Å². The number of unbranched alkanes of at least 4 members (excludes halogenated alkanes) is 1. The van der Waals surface area contributed by atoms with Crippen molar-refractivity contribution in [2.24, 2.45) is 23.2 Å². The fraction of sp³-hybridized carbons (Fsp3) is 0.387. The van der Waals surface area contributed by atoms with Crippen molar-refractivity contribution in [3.63, 3.8) is 0 Å². The number of fused-ring (bicyclic) bond motifs is 2. The minimum Gasteiger partial charge on any atom is -0.481 e. The van der Waals surface area contributed by atoms with Gasteiger partial charge in [0.05, 0.1) is 64.0 Å². The van der Waals surface area contributed by atoms with E-state index in [1.54, 1.807) is 97.2 Å². The van der Waals surface area contributed by atoms with Crippen LogP contribution in [0.5, 0.6) is 0 Å². The number of aliphatic carboxylic acids is 5. The Balaban J connectivity index is 1.17. The highest BCUT2D eigenvalue weighted by molar-refractivity contribution is 6.02. The van der Waals surface area contributed by atoms with Gasteiger partial charge < -0.3 is 105 Å². The normalized spacial score (nSPS) is 13.9. The van der Waals surface area contributed by atoms with Gasteiger partial charge in [-0.05, 0) is 65.5 Å². The second kappa shape index (κ2) is 46.1. The summed E-state index contributed by atoms with van der Waals surface area (Å²) in [6, 6.07) is 15.5. The minimum atomic E-state index is -2.28. The van der Waals surface area contributed by atoms with Crippen LogP contribution < -0.4 is 80.7 Å². The van der Waals surface area contributed by atoms with Gasteiger partial charge in [-0.2, -0.15) is 0 Å². The van der Waals surface area contributed by atoms with E-state index < -0.39 is 220 Å². The zero-order chi connectivity index (χ0) is 84.1. The highest BCUT2D eigenvalue weighted by Gasteiger charge is 2.37. The first-order valence-electron chi connectivity index (χ1n) is 35.8. The molecule has 612 valence electrons. The van der Waals surface area contributed by atoms with Gasteiger partial charge in [-0.15, -0.1) is 0 Å². The molecule has 8 unspecified atom stereocenters. The fourth-order valence-corrected chi connectivity index (χ4v) is 11.4. The van der Waals surface area contributed by atoms with E-state index in [0.29, 0.717) is 53.9 Å². The summed E-state index contributed by atoms with van der Waals surface area (Å²) in [6.45, 7) is 1.40. The van der Waals surface area contributed by atoms with Crippen LogP contribution >= 0.6 is 0 Å². The molecule has 39 heteroatoms. The molecule has 1 heterocycles. The van der Waals surface area contributed by atoms with E-state index in [0.717, 1.165) is 11.1 Å². The number of nitrogens with two attached hydrogens (primary N) is 3.